The van der Waals surface area contributed by atoms with E-state index < -0.39 is 10.0 Å². The van der Waals surface area contributed by atoms with Gasteiger partial charge in [-0.25, -0.2) is 8.42 Å². The minimum Gasteiger partial charge on any atom is -0.266 e. The van der Waals surface area contributed by atoms with Gasteiger partial charge < -0.3 is 0 Å². The number of benzene rings is 3. The lowest BCUT2D eigenvalue weighted by Gasteiger charge is -2.25. The summed E-state index contributed by atoms with van der Waals surface area (Å²) in [7, 11) is -3.68. The summed E-state index contributed by atoms with van der Waals surface area (Å²) in [5, 5.41) is 0.910. The lowest BCUT2D eigenvalue weighted by atomic mass is 10.1. The van der Waals surface area contributed by atoms with Gasteiger partial charge >= 0.3 is 0 Å². The van der Waals surface area contributed by atoms with Crippen molar-refractivity contribution in [2.75, 3.05) is 10.8 Å². The Balaban J connectivity index is 1.75. The highest BCUT2D eigenvalue weighted by Crippen LogP contribution is 2.27. The molecule has 0 spiro atoms. The molecule has 0 amide bonds. The molecule has 28 heavy (non-hydrogen) atoms. The second-order valence-corrected chi connectivity index (χ2v) is 8.37. The quantitative estimate of drug-likeness (QED) is 0.482. The van der Waals surface area contributed by atoms with Gasteiger partial charge in [0.25, 0.3) is 10.0 Å². The molecule has 0 atom stereocenters. The van der Waals surface area contributed by atoms with Gasteiger partial charge in [0.15, 0.2) is 0 Å². The first-order chi connectivity index (χ1) is 13.6. The molecule has 0 radical (unpaired) electrons. The summed E-state index contributed by atoms with van der Waals surface area (Å²) >= 11 is 0. The third kappa shape index (κ3) is 3.75. The lowest BCUT2D eigenvalue weighted by Crippen LogP contribution is -2.33. The van der Waals surface area contributed by atoms with Crippen molar-refractivity contribution in [2.45, 2.75) is 11.3 Å². The molecule has 4 rings (SSSR count). The highest BCUT2D eigenvalue weighted by atomic mass is 32.2. The summed E-state index contributed by atoms with van der Waals surface area (Å²) in [6.07, 6.45) is 2.36. The van der Waals surface area contributed by atoms with E-state index in [0.29, 0.717) is 18.7 Å². The maximum Gasteiger partial charge on any atom is 0.264 e. The van der Waals surface area contributed by atoms with E-state index in [9.17, 15) is 8.42 Å². The van der Waals surface area contributed by atoms with Crippen LogP contribution in [0, 0.1) is 0 Å². The molecule has 0 N–H and O–H groups in total. The maximum atomic E-state index is 13.4. The van der Waals surface area contributed by atoms with Crippen molar-refractivity contribution in [3.63, 3.8) is 0 Å². The molecule has 4 aromatic rings. The van der Waals surface area contributed by atoms with Gasteiger partial charge in [0, 0.05) is 18.1 Å². The van der Waals surface area contributed by atoms with Crippen LogP contribution in [0.3, 0.4) is 0 Å². The minimum atomic E-state index is -3.68. The molecule has 0 aliphatic carbocycles. The van der Waals surface area contributed by atoms with Crippen LogP contribution in [0.5, 0.6) is 0 Å². The fourth-order valence-electron chi connectivity index (χ4n) is 3.20. The predicted molar refractivity (Wildman–Crippen MR) is 113 cm³/mol. The Bertz CT molecular complexity index is 1180. The summed E-state index contributed by atoms with van der Waals surface area (Å²) in [4.78, 5) is 4.61. The summed E-state index contributed by atoms with van der Waals surface area (Å²) in [5.41, 5.74) is 2.57. The van der Waals surface area contributed by atoms with Crippen LogP contribution in [0.15, 0.2) is 102 Å². The average Bonchev–Trinajstić information content (AvgIpc) is 2.75. The summed E-state index contributed by atoms with van der Waals surface area (Å²) in [6.45, 7) is 0.354. The zero-order chi connectivity index (χ0) is 19.4. The second-order valence-electron chi connectivity index (χ2n) is 6.51. The van der Waals surface area contributed by atoms with Gasteiger partial charge in [0.05, 0.1) is 16.1 Å². The van der Waals surface area contributed by atoms with Gasteiger partial charge in [0.2, 0.25) is 0 Å². The molecule has 140 valence electrons. The minimum absolute atomic E-state index is 0.286. The highest BCUT2D eigenvalue weighted by molar-refractivity contribution is 7.92. The fourth-order valence-corrected chi connectivity index (χ4v) is 4.68. The molecule has 1 aromatic heterocycles. The number of anilines is 1. The van der Waals surface area contributed by atoms with E-state index in [1.807, 2.05) is 66.7 Å². The smallest absolute Gasteiger partial charge is 0.264 e. The van der Waals surface area contributed by atoms with E-state index in [1.165, 1.54) is 4.31 Å². The molecular weight excluding hydrogens is 368 g/mol. The van der Waals surface area contributed by atoms with E-state index in [-0.39, 0.29) is 4.90 Å². The largest absolute Gasteiger partial charge is 0.266 e. The van der Waals surface area contributed by atoms with Gasteiger partial charge in [-0.3, -0.25) is 9.29 Å². The summed E-state index contributed by atoms with van der Waals surface area (Å²) < 4.78 is 28.3. The molecule has 0 saturated carbocycles. The Morgan fingerprint density at radius 2 is 1.50 bits per heavy atom. The summed E-state index contributed by atoms with van der Waals surface area (Å²) in [5.74, 6) is 0. The first-order valence-electron chi connectivity index (χ1n) is 9.11. The molecule has 0 aliphatic rings. The van der Waals surface area contributed by atoms with E-state index in [4.69, 9.17) is 0 Å². The third-order valence-corrected chi connectivity index (χ3v) is 6.49. The SMILES string of the molecule is O=S(=O)(c1ccccc1)N(CCc1ccccc1)c1ccc2ncccc2c1. The number of nitrogens with zero attached hydrogens (tertiary/aromatic N) is 2. The van der Waals surface area contributed by atoms with Crippen molar-refractivity contribution in [3.05, 3.63) is 103 Å². The monoisotopic (exact) mass is 388 g/mol. The Labute approximate surface area is 165 Å². The zero-order valence-electron chi connectivity index (χ0n) is 15.3. The second kappa shape index (κ2) is 7.82. The van der Waals surface area contributed by atoms with Crippen LogP contribution in [0.2, 0.25) is 0 Å². The molecule has 3 aromatic carbocycles. The van der Waals surface area contributed by atoms with Crippen molar-refractivity contribution in [3.8, 4) is 0 Å². The maximum absolute atomic E-state index is 13.4. The van der Waals surface area contributed by atoms with Gasteiger partial charge in [-0.1, -0.05) is 54.6 Å². The van der Waals surface area contributed by atoms with Crippen LogP contribution in [-0.2, 0) is 16.4 Å². The summed E-state index contributed by atoms with van der Waals surface area (Å²) in [6, 6.07) is 27.8. The van der Waals surface area contributed by atoms with Gasteiger partial charge in [-0.15, -0.1) is 0 Å². The van der Waals surface area contributed by atoms with Gasteiger partial charge in [-0.05, 0) is 48.4 Å². The normalized spacial score (nSPS) is 11.4. The van der Waals surface area contributed by atoms with Crippen molar-refractivity contribution >= 4 is 26.6 Å². The predicted octanol–water partition coefficient (Wildman–Crippen LogP) is 4.67. The van der Waals surface area contributed by atoms with Crippen molar-refractivity contribution in [1.82, 2.24) is 4.98 Å². The molecular formula is C23H20N2O2S. The van der Waals surface area contributed by atoms with E-state index in [1.54, 1.807) is 30.5 Å². The zero-order valence-corrected chi connectivity index (χ0v) is 16.1. The number of fused-ring (bicyclic) bond motifs is 1. The Kier molecular flexibility index (Phi) is 5.08. The Hall–Kier alpha value is -3.18. The van der Waals surface area contributed by atoms with Crippen LogP contribution >= 0.6 is 0 Å². The Morgan fingerprint density at radius 3 is 2.25 bits per heavy atom. The highest BCUT2D eigenvalue weighted by Gasteiger charge is 2.24. The number of pyridine rings is 1. The number of rotatable bonds is 6. The van der Waals surface area contributed by atoms with Crippen LogP contribution in [0.4, 0.5) is 5.69 Å². The molecule has 1 heterocycles. The van der Waals surface area contributed by atoms with Crippen LogP contribution < -0.4 is 4.31 Å². The molecule has 0 aliphatic heterocycles. The van der Waals surface area contributed by atoms with Crippen LogP contribution in [0.1, 0.15) is 5.56 Å². The first-order valence-corrected chi connectivity index (χ1v) is 10.6. The molecule has 0 bridgehead atoms. The van der Waals surface area contributed by atoms with Crippen molar-refractivity contribution in [1.29, 1.82) is 0 Å². The Morgan fingerprint density at radius 1 is 0.786 bits per heavy atom. The number of hydrogen-bond donors (Lipinski definition) is 0. The van der Waals surface area contributed by atoms with Gasteiger partial charge in [-0.2, -0.15) is 0 Å². The number of hydrogen-bond acceptors (Lipinski definition) is 3. The van der Waals surface area contributed by atoms with Crippen molar-refractivity contribution in [2.24, 2.45) is 0 Å². The molecule has 0 saturated heterocycles. The van der Waals surface area contributed by atoms with Crippen molar-refractivity contribution < 1.29 is 8.42 Å². The standard InChI is InChI=1S/C23H20N2O2S/c26-28(27,22-11-5-2-6-12-22)25(17-15-19-8-3-1-4-9-19)21-13-14-23-20(18-21)10-7-16-24-23/h1-14,16,18H,15,17H2. The van der Waals surface area contributed by atoms with E-state index in [0.717, 1.165) is 16.5 Å². The molecule has 0 fully saturated rings. The van der Waals surface area contributed by atoms with Crippen LogP contribution in [-0.4, -0.2) is 19.9 Å². The molecule has 5 heteroatoms. The van der Waals surface area contributed by atoms with Crippen LogP contribution in [0.25, 0.3) is 10.9 Å². The fraction of sp³-hybridized carbons (Fsp3) is 0.0870. The van der Waals surface area contributed by atoms with E-state index in [2.05, 4.69) is 4.98 Å². The third-order valence-electron chi connectivity index (χ3n) is 4.65. The number of sulfonamides is 1. The van der Waals surface area contributed by atoms with E-state index >= 15 is 0 Å². The van der Waals surface area contributed by atoms with Gasteiger partial charge in [0.1, 0.15) is 0 Å². The average molecular weight is 388 g/mol. The lowest BCUT2D eigenvalue weighted by molar-refractivity contribution is 0.590. The molecule has 4 nitrogen and oxygen atoms in total. The first kappa shape index (κ1) is 18.2. The molecule has 0 unspecified atom stereocenters. The number of aromatic nitrogens is 1. The topological polar surface area (TPSA) is 50.3 Å².